The van der Waals surface area contributed by atoms with Crippen LogP contribution in [-0.4, -0.2) is 16.1 Å². The number of aromatic amines is 1. The summed E-state index contributed by atoms with van der Waals surface area (Å²) in [4.78, 5) is 30.8. The molecule has 8 heteroatoms. The lowest BCUT2D eigenvalue weighted by atomic mass is 10.2. The lowest BCUT2D eigenvalue weighted by Crippen LogP contribution is -2.19. The van der Waals surface area contributed by atoms with Gasteiger partial charge in [0.25, 0.3) is 5.91 Å². The zero-order chi connectivity index (χ0) is 17.4. The van der Waals surface area contributed by atoms with Gasteiger partial charge in [-0.1, -0.05) is 29.8 Å². The molecule has 0 unspecified atom stereocenters. The number of hydrogen-bond acceptors (Lipinski definition) is 5. The molecule has 1 saturated heterocycles. The second-order valence-electron chi connectivity index (χ2n) is 5.20. The van der Waals surface area contributed by atoms with Gasteiger partial charge in [-0.15, -0.1) is 0 Å². The summed E-state index contributed by atoms with van der Waals surface area (Å²) in [5.74, 6) is -0.751. The average Bonchev–Trinajstić information content (AvgIpc) is 3.11. The zero-order valence-electron chi connectivity index (χ0n) is 12.6. The maximum Gasteiger partial charge on any atom is 0.417 e. The van der Waals surface area contributed by atoms with Gasteiger partial charge in [0.2, 0.25) is 0 Å². The minimum Gasteiger partial charge on any atom is -0.408 e. The number of aliphatic imine (C=N–C) groups is 1. The van der Waals surface area contributed by atoms with E-state index in [2.05, 4.69) is 15.3 Å². The Kier molecular flexibility index (Phi) is 3.95. The lowest BCUT2D eigenvalue weighted by molar-refractivity contribution is -0.115. The van der Waals surface area contributed by atoms with Crippen LogP contribution in [0.1, 0.15) is 5.56 Å². The fourth-order valence-corrected chi connectivity index (χ4v) is 3.36. The Morgan fingerprint density at radius 2 is 2.00 bits per heavy atom. The Morgan fingerprint density at radius 1 is 1.16 bits per heavy atom. The summed E-state index contributed by atoms with van der Waals surface area (Å²) in [6.45, 7) is 0. The summed E-state index contributed by atoms with van der Waals surface area (Å²) in [6, 6.07) is 12.3. The third-order valence-corrected chi connectivity index (χ3v) is 4.70. The predicted octanol–water partition coefficient (Wildman–Crippen LogP) is 3.67. The van der Waals surface area contributed by atoms with Crippen molar-refractivity contribution in [2.24, 2.45) is 4.99 Å². The highest BCUT2D eigenvalue weighted by molar-refractivity contribution is 8.18. The number of halogens is 1. The topological polar surface area (TPSA) is 87.5 Å². The van der Waals surface area contributed by atoms with Gasteiger partial charge in [-0.05, 0) is 47.7 Å². The predicted molar refractivity (Wildman–Crippen MR) is 99.1 cm³/mol. The van der Waals surface area contributed by atoms with Gasteiger partial charge in [-0.3, -0.25) is 9.78 Å². The average molecular weight is 372 g/mol. The summed E-state index contributed by atoms with van der Waals surface area (Å²) < 4.78 is 4.96. The number of nitrogens with zero attached hydrogens (tertiary/aromatic N) is 1. The van der Waals surface area contributed by atoms with Gasteiger partial charge < -0.3 is 9.73 Å². The van der Waals surface area contributed by atoms with E-state index in [9.17, 15) is 9.59 Å². The van der Waals surface area contributed by atoms with Crippen molar-refractivity contribution in [3.05, 3.63) is 68.5 Å². The number of hydrogen-bond donors (Lipinski definition) is 2. The monoisotopic (exact) mass is 371 g/mol. The molecule has 0 bridgehead atoms. The van der Waals surface area contributed by atoms with Crippen LogP contribution in [0.2, 0.25) is 5.02 Å². The molecule has 1 amide bonds. The van der Waals surface area contributed by atoms with E-state index in [1.807, 2.05) is 12.1 Å². The smallest absolute Gasteiger partial charge is 0.408 e. The van der Waals surface area contributed by atoms with Gasteiger partial charge in [0.05, 0.1) is 21.1 Å². The number of amides is 1. The standard InChI is InChI=1S/C17H10ClN3O3S/c18-10-3-1-2-4-11(10)19-16-21-15(22)14(25-16)8-9-5-6-13-12(7-9)20-17(23)24-13/h1-8H,(H,20,23)(H,19,21,22)/b14-8+. The van der Waals surface area contributed by atoms with Crippen molar-refractivity contribution >= 4 is 57.3 Å². The Balaban J connectivity index is 1.64. The molecule has 3 aromatic rings. The van der Waals surface area contributed by atoms with E-state index in [1.54, 1.807) is 36.4 Å². The van der Waals surface area contributed by atoms with Crippen molar-refractivity contribution in [3.63, 3.8) is 0 Å². The van der Waals surface area contributed by atoms with Crippen LogP contribution in [-0.2, 0) is 4.79 Å². The van der Waals surface area contributed by atoms with E-state index in [0.717, 1.165) is 5.56 Å². The van der Waals surface area contributed by atoms with Crippen LogP contribution in [0.15, 0.2) is 61.6 Å². The minimum atomic E-state index is -0.512. The largest absolute Gasteiger partial charge is 0.417 e. The van der Waals surface area contributed by atoms with Crippen molar-refractivity contribution in [3.8, 4) is 0 Å². The normalized spacial score (nSPS) is 17.6. The molecule has 0 spiro atoms. The first-order valence-electron chi connectivity index (χ1n) is 7.25. The number of rotatable bonds is 2. The summed E-state index contributed by atoms with van der Waals surface area (Å²) in [5.41, 5.74) is 2.40. The van der Waals surface area contributed by atoms with Crippen molar-refractivity contribution in [1.82, 2.24) is 10.3 Å². The SMILES string of the molecule is O=C1N/C(=N\c2ccccc2Cl)S/C1=C/c1ccc2oc(=O)[nH]c2c1. The summed E-state index contributed by atoms with van der Waals surface area (Å²) >= 11 is 7.31. The summed E-state index contributed by atoms with van der Waals surface area (Å²) in [6.07, 6.45) is 1.72. The molecule has 124 valence electrons. The van der Waals surface area contributed by atoms with Gasteiger partial charge in [-0.25, -0.2) is 9.79 Å². The summed E-state index contributed by atoms with van der Waals surface area (Å²) in [5, 5.41) is 3.68. The van der Waals surface area contributed by atoms with E-state index in [-0.39, 0.29) is 5.91 Å². The number of thioether (sulfide) groups is 1. The molecule has 2 heterocycles. The van der Waals surface area contributed by atoms with Crippen molar-refractivity contribution in [2.45, 2.75) is 0 Å². The molecular formula is C17H10ClN3O3S. The highest BCUT2D eigenvalue weighted by atomic mass is 35.5. The van der Waals surface area contributed by atoms with E-state index in [1.165, 1.54) is 11.8 Å². The molecule has 0 aliphatic carbocycles. The maximum absolute atomic E-state index is 12.1. The minimum absolute atomic E-state index is 0.239. The number of carbonyl (C=O) groups is 1. The third-order valence-electron chi connectivity index (χ3n) is 3.47. The molecule has 1 aliphatic heterocycles. The molecule has 4 rings (SSSR count). The van der Waals surface area contributed by atoms with Crippen LogP contribution in [0.5, 0.6) is 0 Å². The van der Waals surface area contributed by atoms with Crippen molar-refractivity contribution in [1.29, 1.82) is 0 Å². The lowest BCUT2D eigenvalue weighted by Gasteiger charge is -1.98. The van der Waals surface area contributed by atoms with Crippen LogP contribution in [0.25, 0.3) is 17.2 Å². The fourth-order valence-electron chi connectivity index (χ4n) is 2.34. The van der Waals surface area contributed by atoms with Crippen LogP contribution in [0.4, 0.5) is 5.69 Å². The maximum atomic E-state index is 12.1. The molecule has 6 nitrogen and oxygen atoms in total. The van der Waals surface area contributed by atoms with E-state index < -0.39 is 5.76 Å². The number of nitrogens with one attached hydrogen (secondary N) is 2. The second kappa shape index (κ2) is 6.27. The molecule has 0 radical (unpaired) electrons. The molecule has 25 heavy (non-hydrogen) atoms. The Labute approximate surface area is 150 Å². The number of fused-ring (bicyclic) bond motifs is 1. The first-order valence-corrected chi connectivity index (χ1v) is 8.45. The number of oxazole rings is 1. The van der Waals surface area contributed by atoms with Crippen LogP contribution < -0.4 is 11.1 Å². The molecule has 1 aliphatic rings. The summed E-state index contributed by atoms with van der Waals surface area (Å²) in [7, 11) is 0. The van der Waals surface area contributed by atoms with Crippen LogP contribution in [0, 0.1) is 0 Å². The van der Waals surface area contributed by atoms with Gasteiger partial charge in [0.15, 0.2) is 10.8 Å². The first-order chi connectivity index (χ1) is 12.1. The van der Waals surface area contributed by atoms with Gasteiger partial charge in [-0.2, -0.15) is 0 Å². The van der Waals surface area contributed by atoms with Crippen LogP contribution in [0.3, 0.4) is 0 Å². The number of amidine groups is 1. The molecule has 1 aromatic heterocycles. The fraction of sp³-hybridized carbons (Fsp3) is 0. The first kappa shape index (κ1) is 15.7. The molecule has 2 N–H and O–H groups in total. The third kappa shape index (κ3) is 3.24. The molecular weight excluding hydrogens is 362 g/mol. The molecule has 0 atom stereocenters. The van der Waals surface area contributed by atoms with Gasteiger partial charge in [0.1, 0.15) is 0 Å². The van der Waals surface area contributed by atoms with Crippen molar-refractivity contribution < 1.29 is 9.21 Å². The number of H-pyrrole nitrogens is 1. The number of benzene rings is 2. The van der Waals surface area contributed by atoms with E-state index >= 15 is 0 Å². The Morgan fingerprint density at radius 3 is 2.84 bits per heavy atom. The number of para-hydroxylation sites is 1. The number of carbonyl (C=O) groups excluding carboxylic acids is 1. The zero-order valence-corrected chi connectivity index (χ0v) is 14.1. The Hall–Kier alpha value is -2.77. The number of aromatic nitrogens is 1. The van der Waals surface area contributed by atoms with Crippen molar-refractivity contribution in [2.75, 3.05) is 0 Å². The van der Waals surface area contributed by atoms with Gasteiger partial charge in [0, 0.05) is 0 Å². The van der Waals surface area contributed by atoms with Crippen LogP contribution >= 0.6 is 23.4 Å². The molecule has 0 saturated carbocycles. The van der Waals surface area contributed by atoms with Gasteiger partial charge >= 0.3 is 5.76 Å². The quantitative estimate of drug-likeness (QED) is 0.673. The Bertz CT molecular complexity index is 1110. The highest BCUT2D eigenvalue weighted by Crippen LogP contribution is 2.31. The highest BCUT2D eigenvalue weighted by Gasteiger charge is 2.24. The van der Waals surface area contributed by atoms with E-state index in [4.69, 9.17) is 16.0 Å². The molecule has 1 fully saturated rings. The van der Waals surface area contributed by atoms with E-state index in [0.29, 0.717) is 31.9 Å². The molecule has 2 aromatic carbocycles. The second-order valence-corrected chi connectivity index (χ2v) is 6.64.